The minimum absolute atomic E-state index is 0.211. The second-order valence-corrected chi connectivity index (χ2v) is 3.91. The van der Waals surface area contributed by atoms with Crippen molar-refractivity contribution in [1.82, 2.24) is 14.5 Å². The van der Waals surface area contributed by atoms with E-state index >= 15 is 0 Å². The lowest BCUT2D eigenvalue weighted by Crippen LogP contribution is -1.97. The summed E-state index contributed by atoms with van der Waals surface area (Å²) < 4.78 is 1.91. The van der Waals surface area contributed by atoms with E-state index in [2.05, 4.69) is 9.97 Å². The van der Waals surface area contributed by atoms with E-state index in [-0.39, 0.29) is 5.75 Å². The molecule has 17 heavy (non-hydrogen) atoms. The van der Waals surface area contributed by atoms with Gasteiger partial charge in [0.05, 0.1) is 17.7 Å². The fourth-order valence-electron chi connectivity index (χ4n) is 1.93. The molecule has 4 nitrogen and oxygen atoms in total. The number of hydrogen-bond acceptors (Lipinski definition) is 3. The monoisotopic (exact) mass is 225 g/mol. The predicted molar refractivity (Wildman–Crippen MR) is 65.3 cm³/mol. The molecular formula is C13H11N3O. The lowest BCUT2D eigenvalue weighted by Gasteiger charge is -2.08. The number of aromatic hydroxyl groups is 1. The summed E-state index contributed by atoms with van der Waals surface area (Å²) in [7, 11) is 0. The summed E-state index contributed by atoms with van der Waals surface area (Å²) in [5.74, 6) is 0.211. The molecule has 3 aromatic rings. The number of para-hydroxylation sites is 1. The smallest absolute Gasteiger partial charge is 0.141 e. The van der Waals surface area contributed by atoms with Crippen LogP contribution >= 0.6 is 0 Å². The Bertz CT molecular complexity index is 674. The fourth-order valence-corrected chi connectivity index (χ4v) is 1.93. The van der Waals surface area contributed by atoms with Crippen molar-refractivity contribution in [1.29, 1.82) is 0 Å². The Labute approximate surface area is 98.2 Å². The quantitative estimate of drug-likeness (QED) is 0.692. The van der Waals surface area contributed by atoms with Gasteiger partial charge in [0.2, 0.25) is 0 Å². The Morgan fingerprint density at radius 2 is 2.18 bits per heavy atom. The Kier molecular flexibility index (Phi) is 2.08. The van der Waals surface area contributed by atoms with Crippen molar-refractivity contribution in [2.24, 2.45) is 0 Å². The van der Waals surface area contributed by atoms with Crippen LogP contribution in [0.4, 0.5) is 0 Å². The maximum absolute atomic E-state index is 9.74. The first-order chi connectivity index (χ1) is 8.25. The van der Waals surface area contributed by atoms with Crippen LogP contribution in [0.5, 0.6) is 5.75 Å². The van der Waals surface area contributed by atoms with Gasteiger partial charge in [-0.3, -0.25) is 0 Å². The third kappa shape index (κ3) is 1.54. The van der Waals surface area contributed by atoms with Crippen molar-refractivity contribution < 1.29 is 5.11 Å². The van der Waals surface area contributed by atoms with Gasteiger partial charge in [0.1, 0.15) is 11.3 Å². The first-order valence-electron chi connectivity index (χ1n) is 5.33. The number of nitrogens with zero attached hydrogens (tertiary/aromatic N) is 3. The lowest BCUT2D eigenvalue weighted by molar-refractivity contribution is 0.480. The summed E-state index contributed by atoms with van der Waals surface area (Å²) in [5.41, 5.74) is 2.46. The highest BCUT2D eigenvalue weighted by molar-refractivity contribution is 5.86. The summed E-state index contributed by atoms with van der Waals surface area (Å²) in [4.78, 5) is 8.46. The van der Waals surface area contributed by atoms with E-state index < -0.39 is 0 Å². The van der Waals surface area contributed by atoms with E-state index in [0.717, 1.165) is 16.8 Å². The summed E-state index contributed by atoms with van der Waals surface area (Å²) in [6.07, 6.45) is 5.34. The highest BCUT2D eigenvalue weighted by Gasteiger charge is 2.07. The van der Waals surface area contributed by atoms with Crippen LogP contribution in [0.2, 0.25) is 0 Å². The van der Waals surface area contributed by atoms with Gasteiger partial charge in [-0.25, -0.2) is 9.97 Å². The van der Waals surface area contributed by atoms with Gasteiger partial charge in [0, 0.05) is 17.8 Å². The first kappa shape index (κ1) is 9.84. The standard InChI is InChI=1S/C13H11N3O/c1-9-11(16-6-5-14-8-16)7-10-3-2-4-12(17)13(10)15-9/h2-8,17H,1H3. The van der Waals surface area contributed by atoms with E-state index in [4.69, 9.17) is 0 Å². The molecule has 0 fully saturated rings. The number of phenols is 1. The van der Waals surface area contributed by atoms with Crippen molar-refractivity contribution in [3.8, 4) is 11.4 Å². The van der Waals surface area contributed by atoms with Gasteiger partial charge in [-0.15, -0.1) is 0 Å². The predicted octanol–water partition coefficient (Wildman–Crippen LogP) is 2.43. The molecule has 0 bridgehead atoms. The Balaban J connectivity index is 2.32. The molecule has 1 aromatic carbocycles. The molecular weight excluding hydrogens is 214 g/mol. The number of pyridine rings is 1. The molecule has 2 heterocycles. The molecule has 0 aliphatic heterocycles. The topological polar surface area (TPSA) is 50.9 Å². The zero-order valence-electron chi connectivity index (χ0n) is 9.33. The first-order valence-corrected chi connectivity index (χ1v) is 5.33. The number of rotatable bonds is 1. The Morgan fingerprint density at radius 1 is 1.29 bits per heavy atom. The second kappa shape index (κ2) is 3.59. The number of hydrogen-bond donors (Lipinski definition) is 1. The summed E-state index contributed by atoms with van der Waals surface area (Å²) in [5, 5.41) is 10.7. The molecule has 0 spiro atoms. The van der Waals surface area contributed by atoms with Crippen LogP contribution < -0.4 is 0 Å². The zero-order chi connectivity index (χ0) is 11.8. The molecule has 0 aliphatic carbocycles. The third-order valence-electron chi connectivity index (χ3n) is 2.77. The summed E-state index contributed by atoms with van der Waals surface area (Å²) in [6.45, 7) is 1.92. The van der Waals surface area contributed by atoms with E-state index in [1.807, 2.05) is 35.9 Å². The van der Waals surface area contributed by atoms with Crippen molar-refractivity contribution in [3.05, 3.63) is 48.7 Å². The normalized spacial score (nSPS) is 10.9. The number of aromatic nitrogens is 3. The number of aryl methyl sites for hydroxylation is 1. The SMILES string of the molecule is Cc1nc2c(O)cccc2cc1-n1ccnc1. The Morgan fingerprint density at radius 3 is 2.94 bits per heavy atom. The maximum Gasteiger partial charge on any atom is 0.141 e. The molecule has 1 N–H and O–H groups in total. The highest BCUT2D eigenvalue weighted by Crippen LogP contribution is 2.25. The average Bonchev–Trinajstić information content (AvgIpc) is 2.83. The molecule has 0 atom stereocenters. The van der Waals surface area contributed by atoms with Crippen LogP contribution in [0, 0.1) is 6.92 Å². The third-order valence-corrected chi connectivity index (χ3v) is 2.77. The van der Waals surface area contributed by atoms with Crippen LogP contribution in [0.25, 0.3) is 16.6 Å². The second-order valence-electron chi connectivity index (χ2n) is 3.91. The van der Waals surface area contributed by atoms with Crippen LogP contribution in [0.1, 0.15) is 5.69 Å². The highest BCUT2D eigenvalue weighted by atomic mass is 16.3. The van der Waals surface area contributed by atoms with Crippen molar-refractivity contribution in [3.63, 3.8) is 0 Å². The van der Waals surface area contributed by atoms with Gasteiger partial charge in [-0.05, 0) is 19.1 Å². The maximum atomic E-state index is 9.74. The van der Waals surface area contributed by atoms with Crippen molar-refractivity contribution in [2.75, 3.05) is 0 Å². The molecule has 0 radical (unpaired) electrons. The van der Waals surface area contributed by atoms with Gasteiger partial charge in [0.25, 0.3) is 0 Å². The van der Waals surface area contributed by atoms with Gasteiger partial charge in [0.15, 0.2) is 0 Å². The lowest BCUT2D eigenvalue weighted by atomic mass is 10.1. The molecule has 84 valence electrons. The number of fused-ring (bicyclic) bond motifs is 1. The van der Waals surface area contributed by atoms with Crippen LogP contribution in [0.15, 0.2) is 43.0 Å². The zero-order valence-corrected chi connectivity index (χ0v) is 9.33. The molecule has 3 rings (SSSR count). The number of phenolic OH excluding ortho intramolecular Hbond substituents is 1. The molecule has 0 saturated heterocycles. The molecule has 0 saturated carbocycles. The van der Waals surface area contributed by atoms with Crippen LogP contribution in [0.3, 0.4) is 0 Å². The van der Waals surface area contributed by atoms with E-state index in [1.165, 1.54) is 0 Å². The van der Waals surface area contributed by atoms with E-state index in [0.29, 0.717) is 5.52 Å². The minimum Gasteiger partial charge on any atom is -0.506 e. The summed E-state index contributed by atoms with van der Waals surface area (Å²) in [6, 6.07) is 7.39. The van der Waals surface area contributed by atoms with Gasteiger partial charge < -0.3 is 9.67 Å². The van der Waals surface area contributed by atoms with Crippen LogP contribution in [-0.4, -0.2) is 19.6 Å². The number of imidazole rings is 1. The van der Waals surface area contributed by atoms with Crippen molar-refractivity contribution >= 4 is 10.9 Å². The average molecular weight is 225 g/mol. The van der Waals surface area contributed by atoms with E-state index in [1.54, 1.807) is 18.6 Å². The van der Waals surface area contributed by atoms with E-state index in [9.17, 15) is 5.11 Å². The molecule has 0 aliphatic rings. The molecule has 0 amide bonds. The fraction of sp³-hybridized carbons (Fsp3) is 0.0769. The largest absolute Gasteiger partial charge is 0.506 e. The molecule has 2 aromatic heterocycles. The summed E-state index contributed by atoms with van der Waals surface area (Å²) >= 11 is 0. The number of benzene rings is 1. The van der Waals surface area contributed by atoms with Gasteiger partial charge >= 0.3 is 0 Å². The van der Waals surface area contributed by atoms with Gasteiger partial charge in [-0.1, -0.05) is 12.1 Å². The Hall–Kier alpha value is -2.36. The molecule has 4 heteroatoms. The van der Waals surface area contributed by atoms with Gasteiger partial charge in [-0.2, -0.15) is 0 Å². The van der Waals surface area contributed by atoms with Crippen LogP contribution in [-0.2, 0) is 0 Å². The minimum atomic E-state index is 0.211. The van der Waals surface area contributed by atoms with Crippen molar-refractivity contribution in [2.45, 2.75) is 6.92 Å². The molecule has 0 unspecified atom stereocenters.